The van der Waals surface area contributed by atoms with Gasteiger partial charge in [0.2, 0.25) is 0 Å². The third-order valence-corrected chi connectivity index (χ3v) is 20.4. The fraction of sp³-hybridized carbons (Fsp3) is 0.296. The number of para-hydroxylation sites is 1. The summed E-state index contributed by atoms with van der Waals surface area (Å²) in [6.07, 6.45) is 4.65. The summed E-state index contributed by atoms with van der Waals surface area (Å²) in [6, 6.07) is 53.5. The van der Waals surface area contributed by atoms with Crippen LogP contribution in [0.5, 0.6) is 0 Å². The number of fused-ring (bicyclic) bond motifs is 15. The van der Waals surface area contributed by atoms with Crippen molar-refractivity contribution in [3.05, 3.63) is 173 Å². The van der Waals surface area contributed by atoms with Crippen LogP contribution in [0.4, 0.5) is 28.4 Å². The van der Waals surface area contributed by atoms with Crippen LogP contribution >= 0.6 is 11.3 Å². The molecule has 4 aliphatic rings. The first-order chi connectivity index (χ1) is 36.7. The Bertz CT molecular complexity index is 4350. The summed E-state index contributed by atoms with van der Waals surface area (Å²) in [5.41, 5.74) is 23.9. The van der Waals surface area contributed by atoms with Crippen LogP contribution in [-0.2, 0) is 27.1 Å². The molecule has 4 nitrogen and oxygen atoms in total. The molecule has 8 aromatic carbocycles. The van der Waals surface area contributed by atoms with Crippen molar-refractivity contribution in [3.63, 3.8) is 0 Å². The van der Waals surface area contributed by atoms with E-state index in [-0.39, 0.29) is 33.9 Å². The Morgan fingerprint density at radius 3 is 1.83 bits per heavy atom. The highest BCUT2D eigenvalue weighted by atomic mass is 32.1. The molecule has 0 spiro atoms. The van der Waals surface area contributed by atoms with Crippen molar-refractivity contribution in [1.82, 2.24) is 0 Å². The molecular formula is C71H67BN2O2S. The molecule has 0 saturated heterocycles. The smallest absolute Gasteiger partial charge is 0.376 e. The molecule has 0 unspecified atom stereocenters. The number of benzene rings is 8. The number of hydrogen-bond donors (Lipinski definition) is 0. The molecule has 382 valence electrons. The van der Waals surface area contributed by atoms with Gasteiger partial charge in [-0.1, -0.05) is 149 Å². The molecule has 2 aliphatic heterocycles. The van der Waals surface area contributed by atoms with Gasteiger partial charge >= 0.3 is 6.85 Å². The molecule has 2 aliphatic carbocycles. The van der Waals surface area contributed by atoms with E-state index in [9.17, 15) is 0 Å². The van der Waals surface area contributed by atoms with Gasteiger partial charge in [0, 0.05) is 70.2 Å². The van der Waals surface area contributed by atoms with Gasteiger partial charge in [0.15, 0.2) is 0 Å². The summed E-state index contributed by atoms with van der Waals surface area (Å²) in [4.78, 5) is 5.25. The Hall–Kier alpha value is -7.02. The molecular weight excluding hydrogens is 956 g/mol. The van der Waals surface area contributed by atoms with Gasteiger partial charge in [-0.05, 0) is 176 Å². The molecule has 11 aromatic rings. The van der Waals surface area contributed by atoms with Crippen molar-refractivity contribution in [2.75, 3.05) is 9.71 Å². The second kappa shape index (κ2) is 15.6. The van der Waals surface area contributed by atoms with Gasteiger partial charge in [-0.15, -0.1) is 11.3 Å². The van der Waals surface area contributed by atoms with Crippen molar-refractivity contribution >= 4 is 111 Å². The lowest BCUT2D eigenvalue weighted by Crippen LogP contribution is -2.61. The standard InChI is InChI=1S/C71H67BN2O2S/c1-40-32-51-53(70(9,10)30-28-68(51,5)6)37-55(40)73-57-36-49-45-20-16-17-21-58(45)75-65(49)62-50-34-47-48-35-52-54(71(11,12)31-29-69(52,7)8)38-60(48)77-61(47)39-56(50)74(44-25-23-43(24-26-44)67(2,3)4)72(63(57)62)66-64(73)46-27-22-42(33-59(46)76-66)41-18-14-13-15-19-41/h13-27,32-39H,28-31H2,1-12H3. The van der Waals surface area contributed by atoms with Gasteiger partial charge in [0.05, 0.1) is 5.69 Å². The summed E-state index contributed by atoms with van der Waals surface area (Å²) in [7, 11) is 0. The highest BCUT2D eigenvalue weighted by Gasteiger charge is 2.51. The van der Waals surface area contributed by atoms with E-state index in [1.54, 1.807) is 0 Å². The first-order valence-corrected chi connectivity index (χ1v) is 29.0. The molecule has 0 amide bonds. The minimum absolute atomic E-state index is 0.00447. The fourth-order valence-corrected chi connectivity index (χ4v) is 15.6. The zero-order valence-electron chi connectivity index (χ0n) is 46.8. The van der Waals surface area contributed by atoms with Gasteiger partial charge in [0.25, 0.3) is 0 Å². The lowest BCUT2D eigenvalue weighted by Gasteiger charge is -2.45. The minimum atomic E-state index is -0.349. The quantitative estimate of drug-likeness (QED) is 0.165. The Morgan fingerprint density at radius 2 is 1.13 bits per heavy atom. The van der Waals surface area contributed by atoms with Crippen LogP contribution in [0.2, 0.25) is 0 Å². The Labute approximate surface area is 457 Å². The molecule has 15 rings (SSSR count). The number of furan rings is 2. The van der Waals surface area contributed by atoms with E-state index < -0.39 is 0 Å². The fourth-order valence-electron chi connectivity index (χ4n) is 14.4. The van der Waals surface area contributed by atoms with Crippen LogP contribution in [0, 0.1) is 6.92 Å². The summed E-state index contributed by atoms with van der Waals surface area (Å²) in [5, 5.41) is 6.00. The van der Waals surface area contributed by atoms with Crippen molar-refractivity contribution in [2.45, 2.75) is 136 Å². The van der Waals surface area contributed by atoms with E-state index in [0.29, 0.717) is 0 Å². The Balaban J connectivity index is 1.11. The second-order valence-corrected chi connectivity index (χ2v) is 28.1. The Morgan fingerprint density at radius 1 is 0.506 bits per heavy atom. The van der Waals surface area contributed by atoms with Gasteiger partial charge in [-0.2, -0.15) is 0 Å². The molecule has 0 saturated carbocycles. The summed E-state index contributed by atoms with van der Waals surface area (Å²) < 4.78 is 17.7. The van der Waals surface area contributed by atoms with E-state index in [2.05, 4.69) is 232 Å². The number of rotatable bonds is 3. The maximum Gasteiger partial charge on any atom is 0.376 e. The van der Waals surface area contributed by atoms with E-state index in [4.69, 9.17) is 8.83 Å². The predicted octanol–water partition coefficient (Wildman–Crippen LogP) is 19.4. The maximum atomic E-state index is 7.72. The molecule has 0 atom stereocenters. The van der Waals surface area contributed by atoms with Crippen LogP contribution in [0.15, 0.2) is 148 Å². The van der Waals surface area contributed by atoms with E-state index in [0.717, 1.165) is 85.3 Å². The zero-order chi connectivity index (χ0) is 53.0. The molecule has 77 heavy (non-hydrogen) atoms. The van der Waals surface area contributed by atoms with Gasteiger partial charge in [-0.25, -0.2) is 0 Å². The number of nitrogens with zero attached hydrogens (tertiary/aromatic N) is 2. The highest BCUT2D eigenvalue weighted by molar-refractivity contribution is 7.26. The predicted molar refractivity (Wildman–Crippen MR) is 330 cm³/mol. The maximum absolute atomic E-state index is 7.72. The number of aryl methyl sites for hydroxylation is 1. The van der Waals surface area contributed by atoms with Gasteiger partial charge in [-0.3, -0.25) is 0 Å². The Kier molecular flexibility index (Phi) is 9.56. The highest BCUT2D eigenvalue weighted by Crippen LogP contribution is 2.57. The number of hydrogen-bond acceptors (Lipinski definition) is 5. The van der Waals surface area contributed by atoms with Gasteiger partial charge in [0.1, 0.15) is 22.4 Å². The van der Waals surface area contributed by atoms with Crippen LogP contribution < -0.4 is 20.8 Å². The average molecular weight is 1020 g/mol. The lowest BCUT2D eigenvalue weighted by atomic mass is 9.45. The van der Waals surface area contributed by atoms with E-state index in [1.807, 2.05) is 11.3 Å². The van der Waals surface area contributed by atoms with E-state index >= 15 is 0 Å². The normalized spacial score (nSPS) is 17.7. The zero-order valence-corrected chi connectivity index (χ0v) is 47.6. The first kappa shape index (κ1) is 47.2. The van der Waals surface area contributed by atoms with Crippen molar-refractivity contribution in [2.24, 2.45) is 0 Å². The summed E-state index contributed by atoms with van der Waals surface area (Å²) >= 11 is 1.94. The molecule has 6 heteroatoms. The minimum Gasteiger partial charge on any atom is -0.466 e. The molecule has 5 heterocycles. The number of anilines is 5. The van der Waals surface area contributed by atoms with Crippen molar-refractivity contribution in [1.29, 1.82) is 0 Å². The second-order valence-electron chi connectivity index (χ2n) is 27.0. The monoisotopic (exact) mass is 1020 g/mol. The van der Waals surface area contributed by atoms with E-state index in [1.165, 1.54) is 88.7 Å². The number of thiophene rings is 1. The van der Waals surface area contributed by atoms with Gasteiger partial charge < -0.3 is 18.5 Å². The summed E-state index contributed by atoms with van der Waals surface area (Å²) in [5.74, 6) is 0. The molecule has 0 bridgehead atoms. The average Bonchev–Trinajstić information content (AvgIpc) is 4.29. The third-order valence-electron chi connectivity index (χ3n) is 19.2. The van der Waals surface area contributed by atoms with Crippen LogP contribution in [0.1, 0.15) is 135 Å². The molecule has 0 radical (unpaired) electrons. The topological polar surface area (TPSA) is 32.8 Å². The van der Waals surface area contributed by atoms with Crippen LogP contribution in [0.3, 0.4) is 0 Å². The molecule has 0 fully saturated rings. The molecule has 0 N–H and O–H groups in total. The van der Waals surface area contributed by atoms with Crippen molar-refractivity contribution in [3.8, 4) is 22.3 Å². The van der Waals surface area contributed by atoms with Crippen LogP contribution in [-0.4, -0.2) is 6.85 Å². The molecule has 3 aromatic heterocycles. The largest absolute Gasteiger partial charge is 0.466 e. The van der Waals surface area contributed by atoms with Crippen molar-refractivity contribution < 1.29 is 8.83 Å². The summed E-state index contributed by atoms with van der Waals surface area (Å²) in [6.45, 7) is 28.5. The first-order valence-electron chi connectivity index (χ1n) is 28.2. The lowest BCUT2D eigenvalue weighted by molar-refractivity contribution is 0.332. The SMILES string of the molecule is Cc1cc2c(cc1N1c3cc4c(oc5ccccc54)c4c3B(c3oc5cc(-c6ccccc6)ccc5c31)N(c1ccc(C(C)(C)C)cc1)c1cc3sc5cc6c(cc5c3cc1-4)C(C)(C)CCC6(C)C)C(C)(C)CCC2(C)C. The third kappa shape index (κ3) is 6.70. The van der Waals surface area contributed by atoms with Crippen LogP contribution in [0.25, 0.3) is 75.3 Å².